The summed E-state index contributed by atoms with van der Waals surface area (Å²) < 4.78 is 65.2. The smallest absolute Gasteiger partial charge is 0.383 e. The van der Waals surface area contributed by atoms with Crippen molar-refractivity contribution in [3.8, 4) is 0 Å². The lowest BCUT2D eigenvalue weighted by atomic mass is 10.2. The highest BCUT2D eigenvalue weighted by Crippen LogP contribution is 2.60. The number of imidazole rings is 1. The third-order valence-electron chi connectivity index (χ3n) is 7.26. The zero-order valence-electron chi connectivity index (χ0n) is 21.9. The first kappa shape index (κ1) is 29.2. The Morgan fingerprint density at radius 2 is 1.70 bits per heavy atom. The average molecular weight is 674 g/mol. The van der Waals surface area contributed by atoms with Crippen molar-refractivity contribution in [1.29, 1.82) is 0 Å². The number of nitrogens with one attached hydrogen (secondary N) is 1. The van der Waals surface area contributed by atoms with Gasteiger partial charge in [0.25, 0.3) is 5.56 Å². The van der Waals surface area contributed by atoms with Crippen molar-refractivity contribution < 1.29 is 36.7 Å². The molecule has 7 rings (SSSR count). The molecule has 230 valence electrons. The molecule has 0 aromatic carbocycles. The second kappa shape index (κ2) is 10.8. The molecule has 43 heavy (non-hydrogen) atoms. The van der Waals surface area contributed by atoms with Gasteiger partial charge >= 0.3 is 13.6 Å². The van der Waals surface area contributed by atoms with Gasteiger partial charge in [0.15, 0.2) is 17.4 Å². The lowest BCUT2D eigenvalue weighted by Gasteiger charge is -2.26. The molecule has 0 saturated carbocycles. The monoisotopic (exact) mass is 673 g/mol. The number of fused-ring (bicyclic) bond motifs is 5. The summed E-state index contributed by atoms with van der Waals surface area (Å²) in [6.45, 7) is -8.58. The Morgan fingerprint density at radius 1 is 0.930 bits per heavy atom. The van der Waals surface area contributed by atoms with Gasteiger partial charge in [-0.2, -0.15) is 4.98 Å². The van der Waals surface area contributed by atoms with E-state index in [9.17, 15) is 13.9 Å². The van der Waals surface area contributed by atoms with Crippen LogP contribution in [0, 0.1) is 0 Å². The molecule has 4 aromatic rings. The van der Waals surface area contributed by atoms with Crippen LogP contribution in [0.3, 0.4) is 0 Å². The summed E-state index contributed by atoms with van der Waals surface area (Å²) in [5.41, 5.74) is 11.8. The van der Waals surface area contributed by atoms with Gasteiger partial charge in [-0.3, -0.25) is 32.4 Å². The van der Waals surface area contributed by atoms with E-state index >= 15 is 0 Å². The Labute approximate surface area is 252 Å². The number of nitrogen functional groups attached to an aromatic ring is 2. The van der Waals surface area contributed by atoms with Crippen LogP contribution in [0.4, 0.5) is 11.8 Å². The van der Waals surface area contributed by atoms with Crippen LogP contribution in [-0.4, -0.2) is 71.7 Å². The molecule has 0 amide bonds. The lowest BCUT2D eigenvalue weighted by molar-refractivity contribution is -0.0556. The molecule has 3 fully saturated rings. The molecule has 3 unspecified atom stereocenters. The highest BCUT2D eigenvalue weighted by molar-refractivity contribution is 8.44. The van der Waals surface area contributed by atoms with Gasteiger partial charge in [0.1, 0.15) is 42.3 Å². The lowest BCUT2D eigenvalue weighted by Crippen LogP contribution is -2.28. The number of aromatic nitrogens is 7. The number of rotatable bonds is 2. The van der Waals surface area contributed by atoms with Gasteiger partial charge in [-0.1, -0.05) is 24.5 Å². The third-order valence-corrected chi connectivity index (χ3v) is 10.5. The van der Waals surface area contributed by atoms with Crippen LogP contribution in [0.15, 0.2) is 29.7 Å². The van der Waals surface area contributed by atoms with E-state index in [0.717, 1.165) is 0 Å². The molecule has 0 spiro atoms. The summed E-state index contributed by atoms with van der Waals surface area (Å²) in [6, 6.07) is 1.75. The zero-order valence-corrected chi connectivity index (χ0v) is 25.5. The van der Waals surface area contributed by atoms with Gasteiger partial charge in [-0.05, 0) is 6.07 Å². The normalized spacial score (nSPS) is 35.4. The van der Waals surface area contributed by atoms with Crippen LogP contribution in [-0.2, 0) is 36.7 Å². The minimum Gasteiger partial charge on any atom is -0.383 e. The van der Waals surface area contributed by atoms with Crippen molar-refractivity contribution in [3.63, 3.8) is 0 Å². The Bertz CT molecular complexity index is 1870. The quantitative estimate of drug-likeness (QED) is 0.151. The molecule has 22 heteroatoms. The summed E-state index contributed by atoms with van der Waals surface area (Å²) in [6.07, 6.45) is -0.364. The van der Waals surface area contributed by atoms with Crippen LogP contribution >= 0.6 is 38.1 Å². The van der Waals surface area contributed by atoms with Crippen molar-refractivity contribution >= 4 is 72.1 Å². The van der Waals surface area contributed by atoms with Crippen molar-refractivity contribution in [1.82, 2.24) is 34.1 Å². The number of anilines is 2. The van der Waals surface area contributed by atoms with Gasteiger partial charge in [-0.25, -0.2) is 24.1 Å². The van der Waals surface area contributed by atoms with E-state index in [2.05, 4.69) is 49.4 Å². The largest absolute Gasteiger partial charge is 0.386 e. The molecule has 3 aliphatic heterocycles. The second-order valence-electron chi connectivity index (χ2n) is 10.1. The second-order valence-corrected chi connectivity index (χ2v) is 15.8. The highest BCUT2D eigenvalue weighted by atomic mass is 32.7. The predicted molar refractivity (Wildman–Crippen MR) is 156 cm³/mol. The SMILES string of the molecule is Nc1nc2c(ncn2[C@@H]2OC3COP(=O)(S)O[C@H]4C[C@H](n5ccc6c(N)ncnc65)O[C@@H]4COP(=O)(S)O[C@@H]2C3)c(=O)[nH]1. The van der Waals surface area contributed by atoms with Crippen LogP contribution < -0.4 is 17.0 Å². The van der Waals surface area contributed by atoms with Gasteiger partial charge in [0.2, 0.25) is 5.95 Å². The molecular weight excluding hydrogens is 648 g/mol. The molecule has 3 aliphatic rings. The Kier molecular flexibility index (Phi) is 7.36. The number of hydrogen-bond acceptors (Lipinski definition) is 15. The fraction of sp³-hybridized carbons (Fsp3) is 0.476. The first-order valence-electron chi connectivity index (χ1n) is 12.9. The Hall–Kier alpha value is -2.51. The first-order chi connectivity index (χ1) is 20.5. The fourth-order valence-corrected chi connectivity index (χ4v) is 8.43. The fourth-order valence-electron chi connectivity index (χ4n) is 5.40. The summed E-state index contributed by atoms with van der Waals surface area (Å²) in [5.74, 6) is 0.163. The minimum atomic E-state index is -4.06. The van der Waals surface area contributed by atoms with Gasteiger partial charge < -0.3 is 25.5 Å². The van der Waals surface area contributed by atoms with Crippen LogP contribution in [0.25, 0.3) is 22.2 Å². The van der Waals surface area contributed by atoms with Gasteiger partial charge in [0, 0.05) is 19.0 Å². The zero-order chi connectivity index (χ0) is 30.1. The molecule has 4 aromatic heterocycles. The third kappa shape index (κ3) is 5.61. The standard InChI is InChI=1S/C21H25N9O9P2S2/c22-16-10-1-2-29(17(10)25-7-24-16)14-4-11-13(37-14)6-35-41(33,43)39-12-3-9(5-34-40(32,42)38-11)36-20(12)30-8-26-15-18(30)27-21(23)28-19(15)31/h1-2,7-9,11-14,20H,3-6H2,(H,32,42)(H,33,43)(H2,22,24,25)(H3,23,27,28,31)/t9?,11-,12+,13+,14+,20+,40?,41?/m0/s1. The van der Waals surface area contributed by atoms with Crippen LogP contribution in [0.2, 0.25) is 0 Å². The minimum absolute atomic E-state index is 0.00724. The van der Waals surface area contributed by atoms with Crippen molar-refractivity contribution in [2.75, 3.05) is 24.7 Å². The van der Waals surface area contributed by atoms with Crippen molar-refractivity contribution in [2.24, 2.45) is 0 Å². The molecule has 5 N–H and O–H groups in total. The first-order valence-corrected chi connectivity index (χ1v) is 18.3. The predicted octanol–water partition coefficient (Wildman–Crippen LogP) is 2.20. The average Bonchev–Trinajstić information content (AvgIpc) is 3.71. The molecule has 7 heterocycles. The van der Waals surface area contributed by atoms with E-state index in [1.165, 1.54) is 17.2 Å². The van der Waals surface area contributed by atoms with E-state index in [4.69, 9.17) is 39.0 Å². The van der Waals surface area contributed by atoms with Crippen LogP contribution in [0.1, 0.15) is 25.3 Å². The summed E-state index contributed by atoms with van der Waals surface area (Å²) in [7, 11) is 0. The summed E-state index contributed by atoms with van der Waals surface area (Å²) in [4.78, 5) is 31.2. The maximum atomic E-state index is 13.5. The maximum absolute atomic E-state index is 13.5. The number of thiol groups is 2. The van der Waals surface area contributed by atoms with E-state index in [1.54, 1.807) is 16.8 Å². The highest BCUT2D eigenvalue weighted by Gasteiger charge is 2.46. The maximum Gasteiger partial charge on any atom is 0.386 e. The molecule has 0 aliphatic carbocycles. The van der Waals surface area contributed by atoms with Crippen molar-refractivity contribution in [3.05, 3.63) is 35.3 Å². The number of ether oxygens (including phenoxy) is 2. The van der Waals surface area contributed by atoms with E-state index in [0.29, 0.717) is 16.9 Å². The van der Waals surface area contributed by atoms with Crippen molar-refractivity contribution in [2.45, 2.75) is 49.7 Å². The number of H-pyrrole nitrogens is 1. The Morgan fingerprint density at radius 3 is 2.51 bits per heavy atom. The molecule has 2 bridgehead atoms. The molecule has 3 saturated heterocycles. The molecule has 8 atom stereocenters. The summed E-state index contributed by atoms with van der Waals surface area (Å²) in [5, 5.41) is 0.625. The summed E-state index contributed by atoms with van der Waals surface area (Å²) >= 11 is 8.38. The van der Waals surface area contributed by atoms with Gasteiger partial charge in [-0.15, -0.1) is 0 Å². The van der Waals surface area contributed by atoms with Gasteiger partial charge in [0.05, 0.1) is 31.0 Å². The number of aromatic amines is 1. The van der Waals surface area contributed by atoms with E-state index in [1.807, 2.05) is 0 Å². The number of nitrogens with zero attached hydrogens (tertiary/aromatic N) is 6. The molecular formula is C21H25N9O9P2S2. The van der Waals surface area contributed by atoms with Crippen LogP contribution in [0.5, 0.6) is 0 Å². The molecule has 18 nitrogen and oxygen atoms in total. The number of nitrogens with two attached hydrogens (primary N) is 2. The van der Waals surface area contributed by atoms with E-state index < -0.39 is 56.0 Å². The topological polar surface area (TPSA) is 236 Å². The molecule has 0 radical (unpaired) electrons. The number of hydrogen-bond donors (Lipinski definition) is 5. The Balaban J connectivity index is 1.17. The van der Waals surface area contributed by atoms with E-state index in [-0.39, 0.29) is 43.2 Å².